The third-order valence-electron chi connectivity index (χ3n) is 4.85. The standard InChI is InChI=1S/C21H27NO5/c1-24-19-9-8-17(20(25-2)21(19)26-3)15-4-6-16(7-5-15)18(23)14-22-10-12-27-13-11-22/h4-9,18,23H,10-14H2,1-3H3/t18-/m0/s1. The molecule has 0 radical (unpaired) electrons. The second-order valence-electron chi connectivity index (χ2n) is 6.43. The Morgan fingerprint density at radius 1 is 0.926 bits per heavy atom. The third kappa shape index (κ3) is 4.35. The number of aliphatic hydroxyl groups excluding tert-OH is 1. The first-order chi connectivity index (χ1) is 13.2. The van der Waals surface area contributed by atoms with E-state index in [2.05, 4.69) is 4.90 Å². The van der Waals surface area contributed by atoms with Gasteiger partial charge in [-0.25, -0.2) is 0 Å². The summed E-state index contributed by atoms with van der Waals surface area (Å²) in [6.07, 6.45) is -0.524. The summed E-state index contributed by atoms with van der Waals surface area (Å²) in [5.74, 6) is 1.81. The maximum Gasteiger partial charge on any atom is 0.203 e. The van der Waals surface area contributed by atoms with Gasteiger partial charge in [0.2, 0.25) is 5.75 Å². The van der Waals surface area contributed by atoms with Gasteiger partial charge >= 0.3 is 0 Å². The summed E-state index contributed by atoms with van der Waals surface area (Å²) in [6.45, 7) is 3.79. The molecule has 0 bridgehead atoms. The topological polar surface area (TPSA) is 60.4 Å². The Hall–Kier alpha value is -2.28. The van der Waals surface area contributed by atoms with Crippen LogP contribution >= 0.6 is 0 Å². The lowest BCUT2D eigenvalue weighted by atomic mass is 10.00. The number of β-amino-alcohol motifs (C(OH)–C–C–N with tert-alkyl or cyclic N) is 1. The molecule has 0 saturated carbocycles. The molecule has 6 heteroatoms. The molecule has 0 aliphatic carbocycles. The van der Waals surface area contributed by atoms with Crippen LogP contribution in [0.5, 0.6) is 17.2 Å². The molecular formula is C21H27NO5. The van der Waals surface area contributed by atoms with Crippen LogP contribution < -0.4 is 14.2 Å². The second-order valence-corrected chi connectivity index (χ2v) is 6.43. The van der Waals surface area contributed by atoms with Crippen LogP contribution in [0.15, 0.2) is 36.4 Å². The zero-order valence-electron chi connectivity index (χ0n) is 16.1. The van der Waals surface area contributed by atoms with Crippen LogP contribution in [-0.4, -0.2) is 64.2 Å². The molecule has 1 saturated heterocycles. The Kier molecular flexibility index (Phi) is 6.55. The van der Waals surface area contributed by atoms with Crippen LogP contribution in [-0.2, 0) is 4.74 Å². The van der Waals surface area contributed by atoms with E-state index in [0.717, 1.165) is 43.0 Å². The van der Waals surface area contributed by atoms with Crippen molar-refractivity contribution >= 4 is 0 Å². The Balaban J connectivity index is 1.80. The summed E-state index contributed by atoms with van der Waals surface area (Å²) in [4.78, 5) is 2.22. The molecule has 6 nitrogen and oxygen atoms in total. The predicted molar refractivity (Wildman–Crippen MR) is 104 cm³/mol. The molecule has 1 fully saturated rings. The number of benzene rings is 2. The molecule has 3 rings (SSSR count). The number of hydrogen-bond acceptors (Lipinski definition) is 6. The normalized spacial score (nSPS) is 16.0. The van der Waals surface area contributed by atoms with Crippen LogP contribution in [0.2, 0.25) is 0 Å². The van der Waals surface area contributed by atoms with Crippen molar-refractivity contribution in [3.63, 3.8) is 0 Å². The summed E-state index contributed by atoms with van der Waals surface area (Å²) < 4.78 is 21.7. The van der Waals surface area contributed by atoms with Gasteiger partial charge < -0.3 is 24.1 Å². The highest BCUT2D eigenvalue weighted by Crippen LogP contribution is 2.44. The largest absolute Gasteiger partial charge is 0.493 e. The molecule has 0 unspecified atom stereocenters. The molecule has 1 atom stereocenters. The number of nitrogens with zero attached hydrogens (tertiary/aromatic N) is 1. The summed E-state index contributed by atoms with van der Waals surface area (Å²) in [5, 5.41) is 10.5. The Morgan fingerprint density at radius 3 is 2.19 bits per heavy atom. The lowest BCUT2D eigenvalue weighted by Crippen LogP contribution is -2.38. The van der Waals surface area contributed by atoms with E-state index in [1.807, 2.05) is 36.4 Å². The van der Waals surface area contributed by atoms with Crippen molar-refractivity contribution in [3.8, 4) is 28.4 Å². The Bertz CT molecular complexity index is 741. The molecule has 2 aromatic rings. The van der Waals surface area contributed by atoms with E-state index >= 15 is 0 Å². The molecule has 27 heavy (non-hydrogen) atoms. The summed E-state index contributed by atoms with van der Waals surface area (Å²) in [7, 11) is 4.80. The van der Waals surface area contributed by atoms with Crippen molar-refractivity contribution in [1.82, 2.24) is 4.90 Å². The number of hydrogen-bond donors (Lipinski definition) is 1. The van der Waals surface area contributed by atoms with Gasteiger partial charge in [-0.1, -0.05) is 24.3 Å². The van der Waals surface area contributed by atoms with Crippen molar-refractivity contribution in [2.24, 2.45) is 0 Å². The van der Waals surface area contributed by atoms with Crippen LogP contribution in [0.4, 0.5) is 0 Å². The highest BCUT2D eigenvalue weighted by atomic mass is 16.5. The molecule has 1 aliphatic heterocycles. The highest BCUT2D eigenvalue weighted by molar-refractivity contribution is 5.76. The third-order valence-corrected chi connectivity index (χ3v) is 4.85. The van der Waals surface area contributed by atoms with Gasteiger partial charge in [0.1, 0.15) is 0 Å². The zero-order chi connectivity index (χ0) is 19.2. The lowest BCUT2D eigenvalue weighted by Gasteiger charge is -2.28. The van der Waals surface area contributed by atoms with Gasteiger partial charge in [-0.3, -0.25) is 4.90 Å². The van der Waals surface area contributed by atoms with Gasteiger partial charge in [0.25, 0.3) is 0 Å². The molecule has 0 aromatic heterocycles. The van der Waals surface area contributed by atoms with Crippen molar-refractivity contribution in [1.29, 1.82) is 0 Å². The minimum Gasteiger partial charge on any atom is -0.493 e. The molecule has 0 amide bonds. The first kappa shape index (κ1) is 19.5. The van der Waals surface area contributed by atoms with Gasteiger partial charge in [0.05, 0.1) is 40.6 Å². The zero-order valence-corrected chi connectivity index (χ0v) is 16.1. The van der Waals surface area contributed by atoms with E-state index in [4.69, 9.17) is 18.9 Å². The van der Waals surface area contributed by atoms with Gasteiger partial charge in [-0.2, -0.15) is 0 Å². The maximum absolute atomic E-state index is 10.5. The average Bonchev–Trinajstić information content (AvgIpc) is 2.73. The minimum atomic E-state index is -0.524. The van der Waals surface area contributed by atoms with Crippen molar-refractivity contribution in [2.75, 3.05) is 54.2 Å². The van der Waals surface area contributed by atoms with Crippen LogP contribution in [0.1, 0.15) is 11.7 Å². The van der Waals surface area contributed by atoms with E-state index in [1.54, 1.807) is 21.3 Å². The molecular weight excluding hydrogens is 346 g/mol. The smallest absolute Gasteiger partial charge is 0.203 e. The van der Waals surface area contributed by atoms with E-state index in [0.29, 0.717) is 23.8 Å². The summed E-state index contributed by atoms with van der Waals surface area (Å²) in [5.41, 5.74) is 2.78. The Morgan fingerprint density at radius 2 is 1.59 bits per heavy atom. The molecule has 2 aromatic carbocycles. The van der Waals surface area contributed by atoms with E-state index in [9.17, 15) is 5.11 Å². The molecule has 1 aliphatic rings. The molecule has 146 valence electrons. The van der Waals surface area contributed by atoms with Crippen molar-refractivity contribution in [2.45, 2.75) is 6.10 Å². The molecule has 0 spiro atoms. The predicted octanol–water partition coefficient (Wildman–Crippen LogP) is 2.75. The number of rotatable bonds is 7. The quantitative estimate of drug-likeness (QED) is 0.805. The summed E-state index contributed by atoms with van der Waals surface area (Å²) in [6, 6.07) is 11.7. The van der Waals surface area contributed by atoms with Crippen molar-refractivity contribution in [3.05, 3.63) is 42.0 Å². The minimum absolute atomic E-state index is 0.524. The first-order valence-electron chi connectivity index (χ1n) is 9.05. The monoisotopic (exact) mass is 373 g/mol. The van der Waals surface area contributed by atoms with Gasteiger partial charge in [0, 0.05) is 25.2 Å². The average molecular weight is 373 g/mol. The fraction of sp³-hybridized carbons (Fsp3) is 0.429. The number of aliphatic hydroxyl groups is 1. The first-order valence-corrected chi connectivity index (χ1v) is 9.05. The number of ether oxygens (including phenoxy) is 4. The number of morpholine rings is 1. The summed E-state index contributed by atoms with van der Waals surface area (Å²) >= 11 is 0. The fourth-order valence-corrected chi connectivity index (χ4v) is 3.35. The van der Waals surface area contributed by atoms with Crippen LogP contribution in [0.3, 0.4) is 0 Å². The van der Waals surface area contributed by atoms with E-state index in [-0.39, 0.29) is 0 Å². The molecule has 1 N–H and O–H groups in total. The fourth-order valence-electron chi connectivity index (χ4n) is 3.35. The maximum atomic E-state index is 10.5. The van der Waals surface area contributed by atoms with Gasteiger partial charge in [-0.15, -0.1) is 0 Å². The van der Waals surface area contributed by atoms with Crippen molar-refractivity contribution < 1.29 is 24.1 Å². The second kappa shape index (κ2) is 9.08. The lowest BCUT2D eigenvalue weighted by molar-refractivity contribution is 0.0143. The van der Waals surface area contributed by atoms with E-state index < -0.39 is 6.10 Å². The highest BCUT2D eigenvalue weighted by Gasteiger charge is 2.19. The van der Waals surface area contributed by atoms with Gasteiger partial charge in [-0.05, 0) is 23.3 Å². The van der Waals surface area contributed by atoms with Gasteiger partial charge in [0.15, 0.2) is 11.5 Å². The van der Waals surface area contributed by atoms with Crippen LogP contribution in [0.25, 0.3) is 11.1 Å². The van der Waals surface area contributed by atoms with Crippen LogP contribution in [0, 0.1) is 0 Å². The van der Waals surface area contributed by atoms with E-state index in [1.165, 1.54) is 0 Å². The Labute approximate surface area is 160 Å². The number of methoxy groups -OCH3 is 3. The molecule has 1 heterocycles. The SMILES string of the molecule is COc1ccc(-c2ccc([C@@H](O)CN3CCOCC3)cc2)c(OC)c1OC.